The Morgan fingerprint density at radius 1 is 1.33 bits per heavy atom. The fraction of sp³-hybridized carbons (Fsp3) is 0.625. The zero-order chi connectivity index (χ0) is 6.69. The predicted molar refractivity (Wildman–Crippen MR) is 40.2 cm³/mol. The number of hydrogen-bond donors (Lipinski definition) is 0. The Labute approximate surface area is 57.4 Å². The lowest BCUT2D eigenvalue weighted by molar-refractivity contribution is 0.282. The van der Waals surface area contributed by atoms with Crippen LogP contribution in [0.25, 0.3) is 0 Å². The number of likely N-dealkylation sites (tertiary alicyclic amines) is 1. The van der Waals surface area contributed by atoms with Gasteiger partial charge in [-0.05, 0) is 26.3 Å². The van der Waals surface area contributed by atoms with Gasteiger partial charge in [-0.3, -0.25) is 0 Å². The van der Waals surface area contributed by atoms with Crippen molar-refractivity contribution in [1.82, 2.24) is 4.90 Å². The normalized spacial score (nSPS) is 22.6. The summed E-state index contributed by atoms with van der Waals surface area (Å²) < 4.78 is 0. The van der Waals surface area contributed by atoms with Crippen LogP contribution in [0, 0.1) is 6.92 Å². The van der Waals surface area contributed by atoms with Crippen molar-refractivity contribution in [1.29, 1.82) is 0 Å². The van der Waals surface area contributed by atoms with Crippen molar-refractivity contribution in [2.24, 2.45) is 0 Å². The summed E-state index contributed by atoms with van der Waals surface area (Å²) in [6.07, 6.45) is 2.35. The molecule has 0 aromatic heterocycles. The summed E-state index contributed by atoms with van der Waals surface area (Å²) in [7, 11) is 0. The van der Waals surface area contributed by atoms with E-state index < -0.39 is 0 Å². The van der Waals surface area contributed by atoms with E-state index in [0.29, 0.717) is 0 Å². The lowest BCUT2D eigenvalue weighted by Crippen LogP contribution is -2.30. The SMILES string of the molecule is [CH2]CN1CCC(=C)CC1. The largest absolute Gasteiger partial charge is 0.303 e. The smallest absolute Gasteiger partial charge is 0.00186 e. The maximum absolute atomic E-state index is 3.94. The molecule has 0 spiro atoms. The van der Waals surface area contributed by atoms with E-state index in [4.69, 9.17) is 0 Å². The molecule has 1 heterocycles. The van der Waals surface area contributed by atoms with Crippen molar-refractivity contribution in [2.45, 2.75) is 12.8 Å². The summed E-state index contributed by atoms with van der Waals surface area (Å²) in [6, 6.07) is 0. The first kappa shape index (κ1) is 6.81. The Bertz CT molecular complexity index is 97.1. The highest BCUT2D eigenvalue weighted by molar-refractivity contribution is 4.98. The highest BCUT2D eigenvalue weighted by Crippen LogP contribution is 2.12. The standard InChI is InChI=1S/C8H14N/c1-3-9-6-4-8(2)5-7-9/h1-7H2. The first-order valence-corrected chi connectivity index (χ1v) is 3.51. The number of piperidine rings is 1. The summed E-state index contributed by atoms with van der Waals surface area (Å²) in [6.45, 7) is 11.1. The summed E-state index contributed by atoms with van der Waals surface area (Å²) in [5.74, 6) is 0. The van der Waals surface area contributed by atoms with Crippen molar-refractivity contribution in [3.63, 3.8) is 0 Å². The summed E-state index contributed by atoms with van der Waals surface area (Å²) in [5.41, 5.74) is 1.40. The third-order valence-electron chi connectivity index (χ3n) is 1.88. The molecule has 0 amide bonds. The van der Waals surface area contributed by atoms with Crippen LogP contribution >= 0.6 is 0 Å². The van der Waals surface area contributed by atoms with Gasteiger partial charge in [0.15, 0.2) is 0 Å². The van der Waals surface area contributed by atoms with Crippen molar-refractivity contribution in [3.8, 4) is 0 Å². The zero-order valence-corrected chi connectivity index (χ0v) is 5.90. The van der Waals surface area contributed by atoms with E-state index in [9.17, 15) is 0 Å². The zero-order valence-electron chi connectivity index (χ0n) is 5.90. The number of hydrogen-bond acceptors (Lipinski definition) is 1. The van der Waals surface area contributed by atoms with Crippen LogP contribution in [0.15, 0.2) is 12.2 Å². The molecule has 0 aromatic carbocycles. The van der Waals surface area contributed by atoms with Crippen LogP contribution in [-0.4, -0.2) is 24.5 Å². The summed E-state index contributed by atoms with van der Waals surface area (Å²) >= 11 is 0. The van der Waals surface area contributed by atoms with Crippen LogP contribution in [0.4, 0.5) is 0 Å². The molecule has 0 N–H and O–H groups in total. The van der Waals surface area contributed by atoms with Crippen LogP contribution in [0.3, 0.4) is 0 Å². The summed E-state index contributed by atoms with van der Waals surface area (Å²) in [5, 5.41) is 0. The molecule has 51 valence electrons. The van der Waals surface area contributed by atoms with Gasteiger partial charge in [0.2, 0.25) is 0 Å². The first-order valence-electron chi connectivity index (χ1n) is 3.51. The molecule has 1 rings (SSSR count). The van der Waals surface area contributed by atoms with Gasteiger partial charge in [-0.15, -0.1) is 0 Å². The Hall–Kier alpha value is -0.300. The summed E-state index contributed by atoms with van der Waals surface area (Å²) in [4.78, 5) is 2.36. The molecule has 1 radical (unpaired) electrons. The topological polar surface area (TPSA) is 3.24 Å². The van der Waals surface area contributed by atoms with E-state index in [1.165, 1.54) is 31.5 Å². The number of rotatable bonds is 1. The third kappa shape index (κ3) is 1.83. The lowest BCUT2D eigenvalue weighted by Gasteiger charge is -2.25. The van der Waals surface area contributed by atoms with Gasteiger partial charge < -0.3 is 4.90 Å². The van der Waals surface area contributed by atoms with Crippen LogP contribution in [0.5, 0.6) is 0 Å². The predicted octanol–water partition coefficient (Wildman–Crippen LogP) is 1.47. The van der Waals surface area contributed by atoms with Crippen LogP contribution in [0.2, 0.25) is 0 Å². The highest BCUT2D eigenvalue weighted by atomic mass is 15.1. The Morgan fingerprint density at radius 2 is 1.89 bits per heavy atom. The van der Waals surface area contributed by atoms with Gasteiger partial charge >= 0.3 is 0 Å². The Kier molecular flexibility index (Phi) is 2.29. The second-order valence-electron chi connectivity index (χ2n) is 2.59. The van der Waals surface area contributed by atoms with Crippen molar-refractivity contribution in [2.75, 3.05) is 19.6 Å². The molecule has 0 saturated carbocycles. The van der Waals surface area contributed by atoms with E-state index in [-0.39, 0.29) is 0 Å². The second-order valence-corrected chi connectivity index (χ2v) is 2.59. The highest BCUT2D eigenvalue weighted by Gasteiger charge is 2.08. The molecule has 0 aromatic rings. The maximum Gasteiger partial charge on any atom is 0.00186 e. The first-order chi connectivity index (χ1) is 4.33. The minimum atomic E-state index is 0.952. The van der Waals surface area contributed by atoms with E-state index in [1.54, 1.807) is 0 Å². The molecular formula is C8H14N. The Balaban J connectivity index is 2.26. The van der Waals surface area contributed by atoms with Gasteiger partial charge in [-0.1, -0.05) is 12.2 Å². The van der Waals surface area contributed by atoms with Gasteiger partial charge in [-0.25, -0.2) is 0 Å². The molecule has 1 aliphatic heterocycles. The lowest BCUT2D eigenvalue weighted by atomic mass is 10.1. The van der Waals surface area contributed by atoms with Gasteiger partial charge in [0.25, 0.3) is 0 Å². The number of nitrogens with zero attached hydrogens (tertiary/aromatic N) is 1. The minimum Gasteiger partial charge on any atom is -0.303 e. The van der Waals surface area contributed by atoms with Crippen LogP contribution < -0.4 is 0 Å². The van der Waals surface area contributed by atoms with Crippen LogP contribution in [-0.2, 0) is 0 Å². The molecule has 1 aliphatic rings. The van der Waals surface area contributed by atoms with E-state index >= 15 is 0 Å². The monoisotopic (exact) mass is 124 g/mol. The minimum absolute atomic E-state index is 0.952. The molecule has 1 nitrogen and oxygen atoms in total. The molecule has 0 aliphatic carbocycles. The second kappa shape index (κ2) is 3.02. The molecule has 0 atom stereocenters. The molecule has 1 fully saturated rings. The molecule has 9 heavy (non-hydrogen) atoms. The fourth-order valence-electron chi connectivity index (χ4n) is 1.09. The molecule has 0 unspecified atom stereocenters. The quantitative estimate of drug-likeness (QED) is 0.478. The van der Waals surface area contributed by atoms with Crippen molar-refractivity contribution < 1.29 is 0 Å². The average Bonchev–Trinajstić information content (AvgIpc) is 1.90. The van der Waals surface area contributed by atoms with E-state index in [2.05, 4.69) is 18.4 Å². The molecule has 1 saturated heterocycles. The van der Waals surface area contributed by atoms with Gasteiger partial charge in [0, 0.05) is 13.1 Å². The van der Waals surface area contributed by atoms with Crippen molar-refractivity contribution in [3.05, 3.63) is 19.1 Å². The Morgan fingerprint density at radius 3 is 2.33 bits per heavy atom. The van der Waals surface area contributed by atoms with E-state index in [0.717, 1.165) is 6.54 Å². The van der Waals surface area contributed by atoms with Gasteiger partial charge in [0.05, 0.1) is 0 Å². The molecule has 1 heteroatoms. The third-order valence-corrected chi connectivity index (χ3v) is 1.88. The molecular weight excluding hydrogens is 110 g/mol. The van der Waals surface area contributed by atoms with Crippen molar-refractivity contribution >= 4 is 0 Å². The fourth-order valence-corrected chi connectivity index (χ4v) is 1.09. The maximum atomic E-state index is 3.94. The molecule has 0 bridgehead atoms. The van der Waals surface area contributed by atoms with E-state index in [1.807, 2.05) is 0 Å². The van der Waals surface area contributed by atoms with Gasteiger partial charge in [0.1, 0.15) is 0 Å². The van der Waals surface area contributed by atoms with Crippen LogP contribution in [0.1, 0.15) is 12.8 Å². The average molecular weight is 124 g/mol. The van der Waals surface area contributed by atoms with Gasteiger partial charge in [-0.2, -0.15) is 0 Å².